The Balaban J connectivity index is 1.92. The van der Waals surface area contributed by atoms with Crippen molar-refractivity contribution in [3.63, 3.8) is 0 Å². The zero-order chi connectivity index (χ0) is 16.2. The van der Waals surface area contributed by atoms with E-state index in [-0.39, 0.29) is 17.2 Å². The Kier molecular flexibility index (Phi) is 4.10. The van der Waals surface area contributed by atoms with Crippen LogP contribution in [0, 0.1) is 0 Å². The molecule has 0 spiro atoms. The number of methoxy groups -OCH3 is 1. The highest BCUT2D eigenvalue weighted by Gasteiger charge is 2.23. The Labute approximate surface area is 133 Å². The molecule has 0 aliphatic rings. The van der Waals surface area contributed by atoms with Crippen LogP contribution in [0.5, 0.6) is 0 Å². The van der Waals surface area contributed by atoms with Gasteiger partial charge >= 0.3 is 5.97 Å². The maximum Gasteiger partial charge on any atom is 0.340 e. The Hall–Kier alpha value is -3.08. The highest BCUT2D eigenvalue weighted by molar-refractivity contribution is 6.13. The van der Waals surface area contributed by atoms with E-state index < -0.39 is 5.97 Å². The zero-order valence-corrected chi connectivity index (χ0v) is 12.6. The summed E-state index contributed by atoms with van der Waals surface area (Å²) in [5.74, 6) is -0.877. The first-order valence-corrected chi connectivity index (χ1v) is 7.22. The van der Waals surface area contributed by atoms with Crippen LogP contribution in [-0.4, -0.2) is 24.0 Å². The van der Waals surface area contributed by atoms with Crippen molar-refractivity contribution in [3.05, 3.63) is 71.4 Å². The van der Waals surface area contributed by atoms with Crippen molar-refractivity contribution in [1.82, 2.24) is 10.3 Å². The lowest BCUT2D eigenvalue weighted by molar-refractivity contribution is 0.0598. The summed E-state index contributed by atoms with van der Waals surface area (Å²) in [4.78, 5) is 27.5. The van der Waals surface area contributed by atoms with Gasteiger partial charge in [0.1, 0.15) is 5.69 Å². The quantitative estimate of drug-likeness (QED) is 0.728. The minimum atomic E-state index is -0.535. The number of hydrogen-bond donors (Lipinski definition) is 2. The molecule has 0 unspecified atom stereocenters. The number of ether oxygens (including phenoxy) is 1. The summed E-state index contributed by atoms with van der Waals surface area (Å²) in [6, 6.07) is 16.8. The lowest BCUT2D eigenvalue weighted by Gasteiger charge is -2.06. The van der Waals surface area contributed by atoms with Gasteiger partial charge in [0, 0.05) is 17.4 Å². The molecule has 1 aromatic heterocycles. The lowest BCUT2D eigenvalue weighted by atomic mass is 10.1. The predicted molar refractivity (Wildman–Crippen MR) is 87.3 cm³/mol. The van der Waals surface area contributed by atoms with Gasteiger partial charge in [0.05, 0.1) is 12.7 Å². The third kappa shape index (κ3) is 2.94. The van der Waals surface area contributed by atoms with Gasteiger partial charge < -0.3 is 15.0 Å². The number of esters is 1. The maximum absolute atomic E-state index is 12.5. The lowest BCUT2D eigenvalue weighted by Crippen LogP contribution is -2.25. The van der Waals surface area contributed by atoms with E-state index in [1.54, 1.807) is 6.07 Å². The molecule has 23 heavy (non-hydrogen) atoms. The second-order valence-electron chi connectivity index (χ2n) is 5.08. The molecule has 1 amide bonds. The van der Waals surface area contributed by atoms with Crippen LogP contribution in [0.25, 0.3) is 10.9 Å². The van der Waals surface area contributed by atoms with E-state index >= 15 is 0 Å². The summed E-state index contributed by atoms with van der Waals surface area (Å²) in [6.45, 7) is 0.385. The number of aromatic nitrogens is 1. The second kappa shape index (κ2) is 6.36. The summed E-state index contributed by atoms with van der Waals surface area (Å²) < 4.78 is 4.82. The Morgan fingerprint density at radius 1 is 1.04 bits per heavy atom. The fraction of sp³-hybridized carbons (Fsp3) is 0.111. The van der Waals surface area contributed by atoms with Crippen LogP contribution >= 0.6 is 0 Å². The molecular formula is C18H16N2O3. The van der Waals surface area contributed by atoms with Crippen LogP contribution in [0.4, 0.5) is 0 Å². The van der Waals surface area contributed by atoms with Crippen LogP contribution in [0.3, 0.4) is 0 Å². The van der Waals surface area contributed by atoms with Gasteiger partial charge in [-0.3, -0.25) is 4.79 Å². The van der Waals surface area contributed by atoms with Crippen molar-refractivity contribution in [2.75, 3.05) is 7.11 Å². The molecule has 2 N–H and O–H groups in total. The van der Waals surface area contributed by atoms with E-state index in [0.717, 1.165) is 11.1 Å². The number of fused-ring (bicyclic) bond motifs is 1. The van der Waals surface area contributed by atoms with E-state index in [9.17, 15) is 9.59 Å². The molecule has 3 rings (SSSR count). The average Bonchev–Trinajstić information content (AvgIpc) is 2.99. The number of aromatic amines is 1. The minimum absolute atomic E-state index is 0.217. The van der Waals surface area contributed by atoms with Crippen LogP contribution in [0.15, 0.2) is 54.6 Å². The molecule has 0 bridgehead atoms. The van der Waals surface area contributed by atoms with Crippen molar-refractivity contribution in [2.24, 2.45) is 0 Å². The standard InChI is InChI=1S/C18H16N2O3/c1-23-18(22)15-13-9-5-6-10-14(13)20-16(15)17(21)19-11-12-7-3-2-4-8-12/h2-10,20H,11H2,1H3,(H,19,21). The van der Waals surface area contributed by atoms with Gasteiger partial charge in [0.2, 0.25) is 0 Å². The second-order valence-corrected chi connectivity index (χ2v) is 5.08. The summed E-state index contributed by atoms with van der Waals surface area (Å²) in [5.41, 5.74) is 2.18. The van der Waals surface area contributed by atoms with Crippen molar-refractivity contribution in [1.29, 1.82) is 0 Å². The summed E-state index contributed by atoms with van der Waals surface area (Å²) in [7, 11) is 1.30. The third-order valence-electron chi connectivity index (χ3n) is 3.62. The first-order valence-electron chi connectivity index (χ1n) is 7.22. The maximum atomic E-state index is 12.5. The van der Waals surface area contributed by atoms with Crippen LogP contribution in [-0.2, 0) is 11.3 Å². The van der Waals surface area contributed by atoms with E-state index in [1.807, 2.05) is 48.5 Å². The van der Waals surface area contributed by atoms with Crippen molar-refractivity contribution in [3.8, 4) is 0 Å². The van der Waals surface area contributed by atoms with Gasteiger partial charge in [-0.2, -0.15) is 0 Å². The Bertz CT molecular complexity index is 853. The highest BCUT2D eigenvalue weighted by Crippen LogP contribution is 2.23. The average molecular weight is 308 g/mol. The normalized spacial score (nSPS) is 10.5. The molecule has 0 atom stereocenters. The Morgan fingerprint density at radius 2 is 1.74 bits per heavy atom. The number of hydrogen-bond acceptors (Lipinski definition) is 3. The number of rotatable bonds is 4. The minimum Gasteiger partial charge on any atom is -0.465 e. The van der Waals surface area contributed by atoms with Crippen LogP contribution in [0.1, 0.15) is 26.4 Å². The Morgan fingerprint density at radius 3 is 2.48 bits per heavy atom. The van der Waals surface area contributed by atoms with Crippen LogP contribution < -0.4 is 5.32 Å². The van der Waals surface area contributed by atoms with Gasteiger partial charge in [-0.25, -0.2) is 4.79 Å². The zero-order valence-electron chi connectivity index (χ0n) is 12.6. The first-order chi connectivity index (χ1) is 11.2. The highest BCUT2D eigenvalue weighted by atomic mass is 16.5. The molecule has 5 nitrogen and oxygen atoms in total. The number of H-pyrrole nitrogens is 1. The number of carbonyl (C=O) groups is 2. The smallest absolute Gasteiger partial charge is 0.340 e. The number of nitrogens with one attached hydrogen (secondary N) is 2. The first kappa shape index (κ1) is 14.8. The number of carbonyl (C=O) groups excluding carboxylic acids is 2. The van der Waals surface area contributed by atoms with Gasteiger partial charge in [-0.1, -0.05) is 48.5 Å². The number of para-hydroxylation sites is 1. The van der Waals surface area contributed by atoms with E-state index in [1.165, 1.54) is 7.11 Å². The molecule has 0 fully saturated rings. The molecule has 0 aliphatic heterocycles. The van der Waals surface area contributed by atoms with Gasteiger partial charge in [-0.05, 0) is 11.6 Å². The monoisotopic (exact) mass is 308 g/mol. The van der Waals surface area contributed by atoms with E-state index in [0.29, 0.717) is 11.9 Å². The number of benzene rings is 2. The molecule has 1 heterocycles. The SMILES string of the molecule is COC(=O)c1c(C(=O)NCc2ccccc2)[nH]c2ccccc12. The molecule has 0 radical (unpaired) electrons. The molecule has 3 aromatic rings. The summed E-state index contributed by atoms with van der Waals surface area (Å²) in [5, 5.41) is 3.49. The van der Waals surface area contributed by atoms with E-state index in [2.05, 4.69) is 10.3 Å². The van der Waals surface area contributed by atoms with E-state index in [4.69, 9.17) is 4.74 Å². The van der Waals surface area contributed by atoms with Crippen molar-refractivity contribution >= 4 is 22.8 Å². The fourth-order valence-electron chi connectivity index (χ4n) is 2.49. The predicted octanol–water partition coefficient (Wildman–Crippen LogP) is 2.88. The van der Waals surface area contributed by atoms with Gasteiger partial charge in [0.15, 0.2) is 0 Å². The molecule has 116 valence electrons. The number of amides is 1. The van der Waals surface area contributed by atoms with Crippen molar-refractivity contribution < 1.29 is 14.3 Å². The third-order valence-corrected chi connectivity index (χ3v) is 3.62. The molecule has 2 aromatic carbocycles. The van der Waals surface area contributed by atoms with Crippen molar-refractivity contribution in [2.45, 2.75) is 6.54 Å². The summed E-state index contributed by atoms with van der Waals surface area (Å²) >= 11 is 0. The molecule has 0 saturated carbocycles. The fourth-order valence-corrected chi connectivity index (χ4v) is 2.49. The largest absolute Gasteiger partial charge is 0.465 e. The van der Waals surface area contributed by atoms with Gasteiger partial charge in [-0.15, -0.1) is 0 Å². The topological polar surface area (TPSA) is 71.2 Å². The molecule has 0 aliphatic carbocycles. The molecular weight excluding hydrogens is 292 g/mol. The van der Waals surface area contributed by atoms with Gasteiger partial charge in [0.25, 0.3) is 5.91 Å². The summed E-state index contributed by atoms with van der Waals surface area (Å²) in [6.07, 6.45) is 0. The molecule has 0 saturated heterocycles. The molecule has 5 heteroatoms. The van der Waals surface area contributed by atoms with Crippen LogP contribution in [0.2, 0.25) is 0 Å².